The summed E-state index contributed by atoms with van der Waals surface area (Å²) in [7, 11) is -7.82. The molecule has 3 aliphatic carbocycles. The Morgan fingerprint density at radius 3 is 2.00 bits per heavy atom. The second-order valence-electron chi connectivity index (χ2n) is 21.0. The van der Waals surface area contributed by atoms with Gasteiger partial charge >= 0.3 is 0 Å². The van der Waals surface area contributed by atoms with Gasteiger partial charge in [0.25, 0.3) is 10.1 Å². The molecule has 312 valence electrons. The van der Waals surface area contributed by atoms with Crippen molar-refractivity contribution in [3.05, 3.63) is 65.3 Å². The van der Waals surface area contributed by atoms with E-state index in [4.69, 9.17) is 13.0 Å². The summed E-state index contributed by atoms with van der Waals surface area (Å²) in [5, 5.41) is 0.244. The van der Waals surface area contributed by atoms with Crippen LogP contribution in [0.3, 0.4) is 0 Å². The number of fused-ring (bicyclic) bond motifs is 1. The number of hydrogen-bond donors (Lipinski definition) is 0. The van der Waals surface area contributed by atoms with Crippen molar-refractivity contribution in [1.82, 2.24) is 0 Å². The Hall–Kier alpha value is -1.30. The molecular weight excluding hydrogens is 733 g/mol. The average Bonchev–Trinajstić information content (AvgIpc) is 3.43. The van der Waals surface area contributed by atoms with Gasteiger partial charge in [-0.3, -0.25) is 4.18 Å². The number of rotatable bonds is 15. The summed E-state index contributed by atoms with van der Waals surface area (Å²) in [6.07, 6.45) is 17.1. The second-order valence-corrected chi connectivity index (χ2v) is 32.1. The predicted molar refractivity (Wildman–Crippen MR) is 238 cm³/mol. The molecule has 0 N–H and O–H groups in total. The molecule has 1 aromatic carbocycles. The molecule has 1 aromatic rings. The van der Waals surface area contributed by atoms with Crippen LogP contribution in [0.4, 0.5) is 0 Å². The van der Waals surface area contributed by atoms with Gasteiger partial charge in [0.2, 0.25) is 0 Å². The fraction of sp³-hybridized carbons (Fsp3) is 0.745. The highest BCUT2D eigenvalue weighted by Gasteiger charge is 2.52. The molecule has 0 spiro atoms. The lowest BCUT2D eigenvalue weighted by Crippen LogP contribution is -2.49. The van der Waals surface area contributed by atoms with E-state index in [-0.39, 0.29) is 39.2 Å². The van der Waals surface area contributed by atoms with Crippen molar-refractivity contribution in [3.8, 4) is 0 Å². The standard InChI is InChI=1S/C47H80O5SSi2/c1-16-17-19-38(29-31-50-53(48,49)40-25-21-34(2)22-26-40)35(3)41-27-28-42-39(20-18-30-47(41,42)11)24-23-37-32-43(51-54(12,13)45(5,6)7)36(4)44(33-37)52-55(14,15)46(8,9)10/h21-26,35,38,41-44H,4,16-20,27-33H2,1-3,5-15H3/b39-24+/t35-,38+,41-,42+,43-,44-,47-/m1/s1. The molecule has 7 atom stereocenters. The Balaban J connectivity index is 1.54. The number of hydrogen-bond acceptors (Lipinski definition) is 5. The first-order valence-corrected chi connectivity index (χ1v) is 28.9. The fourth-order valence-corrected chi connectivity index (χ4v) is 12.9. The summed E-state index contributed by atoms with van der Waals surface area (Å²) in [5.41, 5.74) is 5.48. The van der Waals surface area contributed by atoms with Gasteiger partial charge in [-0.25, -0.2) is 0 Å². The van der Waals surface area contributed by atoms with E-state index in [2.05, 4.69) is 107 Å². The van der Waals surface area contributed by atoms with Crippen LogP contribution < -0.4 is 0 Å². The molecule has 3 saturated carbocycles. The molecule has 0 aliphatic heterocycles. The van der Waals surface area contributed by atoms with Crippen LogP contribution in [0.25, 0.3) is 0 Å². The van der Waals surface area contributed by atoms with Crippen LogP contribution in [-0.4, -0.2) is 43.9 Å². The van der Waals surface area contributed by atoms with Crippen LogP contribution in [0.2, 0.25) is 36.3 Å². The highest BCUT2D eigenvalue weighted by Crippen LogP contribution is 2.60. The zero-order chi connectivity index (χ0) is 41.2. The van der Waals surface area contributed by atoms with Crippen molar-refractivity contribution in [2.24, 2.45) is 29.1 Å². The lowest BCUT2D eigenvalue weighted by Gasteiger charge is -2.46. The molecule has 55 heavy (non-hydrogen) atoms. The zero-order valence-corrected chi connectivity index (χ0v) is 40.4. The summed E-state index contributed by atoms with van der Waals surface area (Å²) in [6.45, 7) is 37.5. The molecule has 0 heterocycles. The third-order valence-electron chi connectivity index (χ3n) is 15.1. The number of benzene rings is 1. The Morgan fingerprint density at radius 1 is 0.909 bits per heavy atom. The summed E-state index contributed by atoms with van der Waals surface area (Å²) < 4.78 is 46.0. The zero-order valence-electron chi connectivity index (χ0n) is 37.6. The molecule has 4 rings (SSSR count). The average molecular weight is 813 g/mol. The van der Waals surface area contributed by atoms with Crippen LogP contribution >= 0.6 is 0 Å². The number of allylic oxidation sites excluding steroid dienone is 3. The van der Waals surface area contributed by atoms with Crippen molar-refractivity contribution in [3.63, 3.8) is 0 Å². The summed E-state index contributed by atoms with van der Waals surface area (Å²) in [5.74, 6) is 2.16. The van der Waals surface area contributed by atoms with Gasteiger partial charge in [0, 0.05) is 0 Å². The molecule has 0 amide bonds. The van der Waals surface area contributed by atoms with Crippen LogP contribution in [0.5, 0.6) is 0 Å². The molecule has 3 aliphatic rings. The van der Waals surface area contributed by atoms with Crippen molar-refractivity contribution in [1.29, 1.82) is 0 Å². The maximum Gasteiger partial charge on any atom is 0.296 e. The first-order valence-electron chi connectivity index (χ1n) is 21.7. The molecular formula is C47H80O5SSi2. The SMILES string of the molecule is C=C1[C@H](O[Si](C)(C)C(C)(C)C)CC(=C/C=C2\CCC[C@]3(C)[C@@H]([C@H](C)[C@@H](CCCC)CCOS(=O)(=O)c4ccc(C)cc4)CC[C@@H]23)C[C@H]1O[Si](C)(C)C(C)(C)C. The number of aryl methyl sites for hydroxylation is 1. The largest absolute Gasteiger partial charge is 0.410 e. The molecule has 0 saturated heterocycles. The lowest BCUT2D eigenvalue weighted by molar-refractivity contribution is 0.0630. The van der Waals surface area contributed by atoms with Gasteiger partial charge in [0.05, 0.1) is 23.7 Å². The minimum Gasteiger partial charge on any atom is -0.410 e. The Labute approximate surface area is 340 Å². The van der Waals surface area contributed by atoms with Gasteiger partial charge in [0.15, 0.2) is 16.6 Å². The Kier molecular flexibility index (Phi) is 15.1. The predicted octanol–water partition coefficient (Wildman–Crippen LogP) is 13.7. The minimum atomic E-state index is -3.76. The molecule has 8 heteroatoms. The molecule has 0 aromatic heterocycles. The first kappa shape index (κ1) is 46.4. The minimum absolute atomic E-state index is 0.0155. The van der Waals surface area contributed by atoms with Crippen molar-refractivity contribution >= 4 is 26.8 Å². The monoisotopic (exact) mass is 813 g/mol. The Bertz CT molecular complexity index is 1590. The fourth-order valence-electron chi connectivity index (χ4n) is 9.38. The van der Waals surface area contributed by atoms with Crippen molar-refractivity contribution in [2.45, 2.75) is 193 Å². The Morgan fingerprint density at radius 2 is 1.47 bits per heavy atom. The summed E-state index contributed by atoms with van der Waals surface area (Å²) >= 11 is 0. The van der Waals surface area contributed by atoms with E-state index in [0.717, 1.165) is 49.7 Å². The lowest BCUT2D eigenvalue weighted by atomic mass is 9.59. The maximum absolute atomic E-state index is 13.0. The van der Waals surface area contributed by atoms with Crippen molar-refractivity contribution < 1.29 is 21.5 Å². The smallest absolute Gasteiger partial charge is 0.296 e. The van der Waals surface area contributed by atoms with Gasteiger partial charge in [-0.1, -0.05) is 129 Å². The van der Waals surface area contributed by atoms with E-state index in [1.807, 2.05) is 19.1 Å². The summed E-state index contributed by atoms with van der Waals surface area (Å²) in [4.78, 5) is 0.245. The van der Waals surface area contributed by atoms with Gasteiger partial charge in [-0.15, -0.1) is 0 Å². The summed E-state index contributed by atoms with van der Waals surface area (Å²) in [6, 6.07) is 6.97. The molecule has 5 nitrogen and oxygen atoms in total. The third kappa shape index (κ3) is 11.1. The second kappa shape index (κ2) is 17.9. The van der Waals surface area contributed by atoms with Crippen LogP contribution in [0.1, 0.15) is 139 Å². The topological polar surface area (TPSA) is 61.8 Å². The van der Waals surface area contributed by atoms with E-state index in [1.54, 1.807) is 17.7 Å². The van der Waals surface area contributed by atoms with Crippen LogP contribution in [-0.2, 0) is 23.2 Å². The molecule has 0 unspecified atom stereocenters. The third-order valence-corrected chi connectivity index (χ3v) is 25.4. The highest BCUT2D eigenvalue weighted by atomic mass is 32.2. The van der Waals surface area contributed by atoms with Gasteiger partial charge in [-0.2, -0.15) is 8.42 Å². The normalized spacial score (nSPS) is 27.6. The van der Waals surface area contributed by atoms with E-state index >= 15 is 0 Å². The quantitative estimate of drug-likeness (QED) is 0.100. The molecule has 0 radical (unpaired) electrons. The molecule has 3 fully saturated rings. The van der Waals surface area contributed by atoms with Crippen LogP contribution in [0, 0.1) is 36.0 Å². The van der Waals surface area contributed by atoms with Gasteiger partial charge in [0.1, 0.15) is 0 Å². The highest BCUT2D eigenvalue weighted by molar-refractivity contribution is 7.86. The van der Waals surface area contributed by atoms with E-state index in [9.17, 15) is 8.42 Å². The van der Waals surface area contributed by atoms with Crippen LogP contribution in [0.15, 0.2) is 64.6 Å². The maximum atomic E-state index is 13.0. The van der Waals surface area contributed by atoms with E-state index < -0.39 is 26.8 Å². The van der Waals surface area contributed by atoms with E-state index in [0.29, 0.717) is 23.7 Å². The van der Waals surface area contributed by atoms with Crippen molar-refractivity contribution in [2.75, 3.05) is 6.61 Å². The molecule has 0 bridgehead atoms. The first-order chi connectivity index (χ1) is 25.3. The number of unbranched alkanes of at least 4 members (excludes halogenated alkanes) is 1. The van der Waals surface area contributed by atoms with Gasteiger partial charge < -0.3 is 8.85 Å². The van der Waals surface area contributed by atoms with Gasteiger partial charge in [-0.05, 0) is 141 Å². The van der Waals surface area contributed by atoms with E-state index in [1.165, 1.54) is 37.7 Å².